The van der Waals surface area contributed by atoms with Gasteiger partial charge in [0.2, 0.25) is 0 Å². The van der Waals surface area contributed by atoms with Crippen LogP contribution in [0.15, 0.2) is 60.7 Å². The fourth-order valence-electron chi connectivity index (χ4n) is 2.75. The highest BCUT2D eigenvalue weighted by Gasteiger charge is 2.06. The number of esters is 1. The van der Waals surface area contributed by atoms with Crippen molar-refractivity contribution >= 4 is 5.97 Å². The average molecular weight is 334 g/mol. The second kappa shape index (κ2) is 7.79. The van der Waals surface area contributed by atoms with Gasteiger partial charge in [0.15, 0.2) is 0 Å². The Balaban J connectivity index is 1.51. The molecule has 128 valence electrons. The molecule has 0 saturated carbocycles. The Kier molecular flexibility index (Phi) is 5.29. The maximum atomic E-state index is 11.9. The van der Waals surface area contributed by atoms with Gasteiger partial charge in [-0.2, -0.15) is 5.10 Å². The Bertz CT molecular complexity index is 836. The third kappa shape index (κ3) is 4.57. The SMILES string of the molecule is Cc1cc(C)n(-c2ccc(COC(=O)CCc3ccccc3)cc2)n1. The summed E-state index contributed by atoms with van der Waals surface area (Å²) in [7, 11) is 0. The molecule has 25 heavy (non-hydrogen) atoms. The van der Waals surface area contributed by atoms with Gasteiger partial charge in [-0.25, -0.2) is 4.68 Å². The zero-order valence-corrected chi connectivity index (χ0v) is 14.6. The topological polar surface area (TPSA) is 44.1 Å². The quantitative estimate of drug-likeness (QED) is 0.636. The standard InChI is InChI=1S/C21H22N2O2/c1-16-14-17(2)23(22-16)20-11-8-19(9-12-20)15-25-21(24)13-10-18-6-4-3-5-7-18/h3-9,11-12,14H,10,13,15H2,1-2H3. The molecule has 3 rings (SSSR count). The van der Waals surface area contributed by atoms with Crippen molar-refractivity contribution in [1.29, 1.82) is 0 Å². The maximum Gasteiger partial charge on any atom is 0.306 e. The van der Waals surface area contributed by atoms with Gasteiger partial charge in [0, 0.05) is 12.1 Å². The highest BCUT2D eigenvalue weighted by molar-refractivity contribution is 5.69. The molecule has 0 aliphatic carbocycles. The number of aryl methyl sites for hydroxylation is 3. The molecule has 0 spiro atoms. The zero-order chi connectivity index (χ0) is 17.6. The van der Waals surface area contributed by atoms with Gasteiger partial charge < -0.3 is 4.74 Å². The average Bonchev–Trinajstić information content (AvgIpc) is 2.98. The lowest BCUT2D eigenvalue weighted by molar-refractivity contribution is -0.144. The van der Waals surface area contributed by atoms with Gasteiger partial charge >= 0.3 is 5.97 Å². The van der Waals surface area contributed by atoms with E-state index in [1.165, 1.54) is 0 Å². The molecule has 0 unspecified atom stereocenters. The Morgan fingerprint density at radius 3 is 2.36 bits per heavy atom. The summed E-state index contributed by atoms with van der Waals surface area (Å²) < 4.78 is 7.27. The summed E-state index contributed by atoms with van der Waals surface area (Å²) in [5.74, 6) is -0.175. The second-order valence-corrected chi connectivity index (χ2v) is 6.15. The van der Waals surface area contributed by atoms with Crippen LogP contribution in [0.5, 0.6) is 0 Å². The number of nitrogens with zero attached hydrogens (tertiary/aromatic N) is 2. The lowest BCUT2D eigenvalue weighted by Crippen LogP contribution is -2.06. The largest absolute Gasteiger partial charge is 0.461 e. The minimum Gasteiger partial charge on any atom is -0.461 e. The first kappa shape index (κ1) is 17.0. The number of ether oxygens (including phenoxy) is 1. The molecule has 1 heterocycles. The molecule has 4 heteroatoms. The number of aromatic nitrogens is 2. The molecule has 3 aromatic rings. The van der Waals surface area contributed by atoms with Gasteiger partial charge in [-0.05, 0) is 49.6 Å². The minimum atomic E-state index is -0.175. The van der Waals surface area contributed by atoms with Crippen LogP contribution >= 0.6 is 0 Å². The first-order valence-corrected chi connectivity index (χ1v) is 8.44. The number of carbonyl (C=O) groups is 1. The molecule has 0 aliphatic rings. The molecule has 4 nitrogen and oxygen atoms in total. The van der Waals surface area contributed by atoms with Crippen LogP contribution in [-0.2, 0) is 22.6 Å². The van der Waals surface area contributed by atoms with E-state index in [0.29, 0.717) is 19.4 Å². The summed E-state index contributed by atoms with van der Waals surface area (Å²) in [4.78, 5) is 11.9. The predicted octanol–water partition coefficient (Wildman–Crippen LogP) is 4.17. The normalized spacial score (nSPS) is 10.6. The number of rotatable bonds is 6. The van der Waals surface area contributed by atoms with Crippen molar-refractivity contribution in [3.63, 3.8) is 0 Å². The van der Waals surface area contributed by atoms with Crippen molar-refractivity contribution in [3.8, 4) is 5.69 Å². The fourth-order valence-corrected chi connectivity index (χ4v) is 2.75. The summed E-state index contributed by atoms with van der Waals surface area (Å²) in [5, 5.41) is 4.47. The Morgan fingerprint density at radius 1 is 1.00 bits per heavy atom. The van der Waals surface area contributed by atoms with Crippen LogP contribution in [0.1, 0.15) is 28.9 Å². The van der Waals surface area contributed by atoms with E-state index in [4.69, 9.17) is 4.74 Å². The van der Waals surface area contributed by atoms with Crippen LogP contribution < -0.4 is 0 Å². The smallest absolute Gasteiger partial charge is 0.306 e. The van der Waals surface area contributed by atoms with Crippen LogP contribution in [0.25, 0.3) is 5.69 Å². The lowest BCUT2D eigenvalue weighted by atomic mass is 10.1. The summed E-state index contributed by atoms with van der Waals surface area (Å²) in [6.45, 7) is 4.31. The third-order valence-corrected chi connectivity index (χ3v) is 4.05. The summed E-state index contributed by atoms with van der Waals surface area (Å²) in [6.07, 6.45) is 1.10. The van der Waals surface area contributed by atoms with Gasteiger partial charge in [-0.15, -0.1) is 0 Å². The molecule has 0 aliphatic heterocycles. The molecule has 2 aromatic carbocycles. The fraction of sp³-hybridized carbons (Fsp3) is 0.238. The van der Waals surface area contributed by atoms with E-state index in [0.717, 1.165) is 28.2 Å². The van der Waals surface area contributed by atoms with E-state index in [2.05, 4.69) is 5.10 Å². The van der Waals surface area contributed by atoms with Gasteiger partial charge in [0.25, 0.3) is 0 Å². The molecular formula is C21H22N2O2. The Labute approximate surface area is 148 Å². The number of hydrogen-bond acceptors (Lipinski definition) is 3. The van der Waals surface area contributed by atoms with Crippen LogP contribution in [0.3, 0.4) is 0 Å². The third-order valence-electron chi connectivity index (χ3n) is 4.05. The van der Waals surface area contributed by atoms with Crippen molar-refractivity contribution in [3.05, 3.63) is 83.2 Å². The van der Waals surface area contributed by atoms with Crippen LogP contribution in [0, 0.1) is 13.8 Å². The molecule has 0 amide bonds. The zero-order valence-electron chi connectivity index (χ0n) is 14.6. The first-order valence-electron chi connectivity index (χ1n) is 8.44. The molecule has 0 saturated heterocycles. The molecular weight excluding hydrogens is 312 g/mol. The van der Waals surface area contributed by atoms with E-state index < -0.39 is 0 Å². The molecule has 0 radical (unpaired) electrons. The predicted molar refractivity (Wildman–Crippen MR) is 97.6 cm³/mol. The minimum absolute atomic E-state index is 0.175. The van der Waals surface area contributed by atoms with Crippen molar-refractivity contribution < 1.29 is 9.53 Å². The van der Waals surface area contributed by atoms with Crippen LogP contribution in [-0.4, -0.2) is 15.7 Å². The van der Waals surface area contributed by atoms with E-state index in [-0.39, 0.29) is 5.97 Å². The van der Waals surface area contributed by atoms with Crippen molar-refractivity contribution in [2.24, 2.45) is 0 Å². The Morgan fingerprint density at radius 2 is 1.72 bits per heavy atom. The van der Waals surface area contributed by atoms with Crippen LogP contribution in [0.4, 0.5) is 0 Å². The maximum absolute atomic E-state index is 11.9. The number of benzene rings is 2. The first-order chi connectivity index (χ1) is 12.1. The molecule has 0 bridgehead atoms. The molecule has 0 fully saturated rings. The van der Waals surface area contributed by atoms with E-state index in [9.17, 15) is 4.79 Å². The van der Waals surface area contributed by atoms with Crippen molar-refractivity contribution in [2.75, 3.05) is 0 Å². The monoisotopic (exact) mass is 334 g/mol. The van der Waals surface area contributed by atoms with E-state index in [1.807, 2.05) is 79.2 Å². The summed E-state index contributed by atoms with van der Waals surface area (Å²) in [5.41, 5.74) is 5.21. The van der Waals surface area contributed by atoms with E-state index in [1.54, 1.807) is 0 Å². The van der Waals surface area contributed by atoms with E-state index >= 15 is 0 Å². The second-order valence-electron chi connectivity index (χ2n) is 6.15. The highest BCUT2D eigenvalue weighted by atomic mass is 16.5. The highest BCUT2D eigenvalue weighted by Crippen LogP contribution is 2.14. The lowest BCUT2D eigenvalue weighted by Gasteiger charge is -2.08. The van der Waals surface area contributed by atoms with Gasteiger partial charge in [0.05, 0.1) is 11.4 Å². The molecule has 0 N–H and O–H groups in total. The van der Waals surface area contributed by atoms with Crippen molar-refractivity contribution in [1.82, 2.24) is 9.78 Å². The summed E-state index contributed by atoms with van der Waals surface area (Å²) in [6, 6.07) is 19.9. The number of hydrogen-bond donors (Lipinski definition) is 0. The van der Waals surface area contributed by atoms with Gasteiger partial charge in [-0.3, -0.25) is 4.79 Å². The van der Waals surface area contributed by atoms with Crippen LogP contribution in [0.2, 0.25) is 0 Å². The van der Waals surface area contributed by atoms with Gasteiger partial charge in [0.1, 0.15) is 6.61 Å². The Hall–Kier alpha value is -2.88. The number of carbonyl (C=O) groups excluding carboxylic acids is 1. The molecule has 1 aromatic heterocycles. The van der Waals surface area contributed by atoms with Gasteiger partial charge in [-0.1, -0.05) is 42.5 Å². The molecule has 0 atom stereocenters. The van der Waals surface area contributed by atoms with Crippen molar-refractivity contribution in [2.45, 2.75) is 33.3 Å². The summed E-state index contributed by atoms with van der Waals surface area (Å²) >= 11 is 0.